The van der Waals surface area contributed by atoms with Crippen LogP contribution in [0.1, 0.15) is 31.0 Å². The highest BCUT2D eigenvalue weighted by Crippen LogP contribution is 2.37. The van der Waals surface area contributed by atoms with Gasteiger partial charge in [0.05, 0.1) is 36.6 Å². The fourth-order valence-corrected chi connectivity index (χ4v) is 5.13. The van der Waals surface area contributed by atoms with Crippen molar-refractivity contribution in [3.8, 4) is 17.2 Å². The Bertz CT molecular complexity index is 1580. The second-order valence-electron chi connectivity index (χ2n) is 8.16. The number of hydrogen-bond donors (Lipinski definition) is 1. The fourth-order valence-electron chi connectivity index (χ4n) is 4.09. The molecule has 1 N–H and O–H groups in total. The summed E-state index contributed by atoms with van der Waals surface area (Å²) in [6.07, 6.45) is 1.70. The standard InChI is InChI=1S/C27H26N2O8S/c1-5-36-26(33)23-15(2)28-27-29(24(23)19-11-10-18(34-3)13-20(19)35-4)25(32)21(38-27)12-16-6-8-17(9-7-16)37-14-22(30)31/h6-13,24H,5,14H2,1-4H3,(H,30,31)/b21-12+/t24-/m1/s1. The first kappa shape index (κ1) is 26.7. The second-order valence-corrected chi connectivity index (χ2v) is 9.17. The number of allylic oxidation sites excluding steroid dienone is 1. The molecule has 2 aromatic carbocycles. The SMILES string of the molecule is CCOC(=O)C1=C(C)N=c2s/c(=C/c3ccc(OCC(=O)O)cc3)c(=O)n2[C@@H]1c1ccc(OC)cc1OC. The molecular formula is C27H26N2O8S. The summed E-state index contributed by atoms with van der Waals surface area (Å²) in [4.78, 5) is 42.6. The van der Waals surface area contributed by atoms with Crippen LogP contribution in [-0.4, -0.2) is 49.0 Å². The molecule has 1 aliphatic heterocycles. The molecule has 2 heterocycles. The van der Waals surface area contributed by atoms with Gasteiger partial charge in [-0.25, -0.2) is 14.6 Å². The van der Waals surface area contributed by atoms with E-state index >= 15 is 0 Å². The number of aliphatic carboxylic acids is 1. The van der Waals surface area contributed by atoms with Crippen molar-refractivity contribution in [1.82, 2.24) is 4.57 Å². The van der Waals surface area contributed by atoms with E-state index in [0.29, 0.717) is 43.4 Å². The Morgan fingerprint density at radius 1 is 1.11 bits per heavy atom. The molecule has 198 valence electrons. The van der Waals surface area contributed by atoms with E-state index in [0.717, 1.165) is 0 Å². The molecule has 0 saturated carbocycles. The molecule has 38 heavy (non-hydrogen) atoms. The predicted molar refractivity (Wildman–Crippen MR) is 140 cm³/mol. The maximum absolute atomic E-state index is 13.8. The van der Waals surface area contributed by atoms with Crippen LogP contribution < -0.4 is 29.1 Å². The Hall–Kier alpha value is -4.38. The lowest BCUT2D eigenvalue weighted by atomic mass is 9.95. The zero-order valence-electron chi connectivity index (χ0n) is 21.2. The number of carbonyl (C=O) groups excluding carboxylic acids is 1. The number of hydrogen-bond acceptors (Lipinski definition) is 9. The van der Waals surface area contributed by atoms with Crippen LogP contribution >= 0.6 is 11.3 Å². The molecule has 0 unspecified atom stereocenters. The molecule has 0 radical (unpaired) electrons. The highest BCUT2D eigenvalue weighted by atomic mass is 32.1. The summed E-state index contributed by atoms with van der Waals surface area (Å²) < 4.78 is 23.3. The van der Waals surface area contributed by atoms with E-state index in [2.05, 4.69) is 4.99 Å². The molecule has 1 aliphatic rings. The lowest BCUT2D eigenvalue weighted by Crippen LogP contribution is -2.40. The molecule has 10 nitrogen and oxygen atoms in total. The monoisotopic (exact) mass is 538 g/mol. The Morgan fingerprint density at radius 3 is 2.45 bits per heavy atom. The molecule has 0 bridgehead atoms. The van der Waals surface area contributed by atoms with Crippen LogP contribution in [0.4, 0.5) is 0 Å². The lowest BCUT2D eigenvalue weighted by molar-refractivity contribution is -0.140. The Labute approximate surface area is 221 Å². The van der Waals surface area contributed by atoms with Gasteiger partial charge >= 0.3 is 11.9 Å². The number of rotatable bonds is 9. The first-order valence-electron chi connectivity index (χ1n) is 11.6. The van der Waals surface area contributed by atoms with Gasteiger partial charge < -0.3 is 24.1 Å². The van der Waals surface area contributed by atoms with Gasteiger partial charge in [0.15, 0.2) is 11.4 Å². The van der Waals surface area contributed by atoms with E-state index in [1.165, 1.54) is 30.1 Å². The maximum Gasteiger partial charge on any atom is 0.341 e. The quantitative estimate of drug-likeness (QED) is 0.412. The molecule has 0 fully saturated rings. The molecule has 0 spiro atoms. The number of carbonyl (C=O) groups is 2. The van der Waals surface area contributed by atoms with E-state index in [1.807, 2.05) is 0 Å². The van der Waals surface area contributed by atoms with Crippen LogP contribution in [0.3, 0.4) is 0 Å². The van der Waals surface area contributed by atoms with Gasteiger partial charge in [0, 0.05) is 11.6 Å². The number of esters is 1. The Kier molecular flexibility index (Phi) is 7.96. The van der Waals surface area contributed by atoms with Gasteiger partial charge in [0.1, 0.15) is 23.3 Å². The smallest absolute Gasteiger partial charge is 0.341 e. The van der Waals surface area contributed by atoms with E-state index in [9.17, 15) is 14.4 Å². The predicted octanol–water partition coefficient (Wildman–Crippen LogP) is 2.28. The minimum absolute atomic E-state index is 0.165. The summed E-state index contributed by atoms with van der Waals surface area (Å²) in [7, 11) is 3.04. The number of methoxy groups -OCH3 is 2. The number of ether oxygens (including phenoxy) is 4. The van der Waals surface area contributed by atoms with Crippen molar-refractivity contribution in [2.45, 2.75) is 19.9 Å². The van der Waals surface area contributed by atoms with E-state index < -0.39 is 24.6 Å². The highest BCUT2D eigenvalue weighted by molar-refractivity contribution is 7.07. The first-order valence-corrected chi connectivity index (χ1v) is 12.4. The first-order chi connectivity index (χ1) is 18.3. The molecule has 3 aromatic rings. The van der Waals surface area contributed by atoms with Crippen LogP contribution in [0.5, 0.6) is 17.2 Å². The molecule has 1 aromatic heterocycles. The zero-order chi connectivity index (χ0) is 27.4. The number of carboxylic acids is 1. The highest BCUT2D eigenvalue weighted by Gasteiger charge is 2.35. The molecule has 0 saturated heterocycles. The largest absolute Gasteiger partial charge is 0.497 e. The third kappa shape index (κ3) is 5.32. The molecule has 1 atom stereocenters. The van der Waals surface area contributed by atoms with Gasteiger partial charge in [-0.15, -0.1) is 0 Å². The van der Waals surface area contributed by atoms with E-state index in [1.54, 1.807) is 62.4 Å². The third-order valence-corrected chi connectivity index (χ3v) is 6.78. The van der Waals surface area contributed by atoms with Gasteiger partial charge in [0.25, 0.3) is 5.56 Å². The normalized spacial score (nSPS) is 14.9. The topological polar surface area (TPSA) is 126 Å². The maximum atomic E-state index is 13.8. The number of nitrogens with zero attached hydrogens (tertiary/aromatic N) is 2. The summed E-state index contributed by atoms with van der Waals surface area (Å²) >= 11 is 1.19. The summed E-state index contributed by atoms with van der Waals surface area (Å²) in [5.41, 5.74) is 1.64. The summed E-state index contributed by atoms with van der Waals surface area (Å²) in [6, 6.07) is 11.0. The zero-order valence-corrected chi connectivity index (χ0v) is 22.0. The van der Waals surface area contributed by atoms with Crippen LogP contribution in [0.15, 0.2) is 63.5 Å². The van der Waals surface area contributed by atoms with Gasteiger partial charge in [-0.05, 0) is 49.8 Å². The Morgan fingerprint density at radius 2 is 1.82 bits per heavy atom. The van der Waals surface area contributed by atoms with Crippen LogP contribution in [0, 0.1) is 0 Å². The average Bonchev–Trinajstić information content (AvgIpc) is 3.21. The Balaban J connectivity index is 1.86. The van der Waals surface area contributed by atoms with E-state index in [4.69, 9.17) is 24.1 Å². The number of carboxylic acid groups (broad SMARTS) is 1. The minimum Gasteiger partial charge on any atom is -0.497 e. The van der Waals surface area contributed by atoms with Gasteiger partial charge in [-0.2, -0.15) is 0 Å². The van der Waals surface area contributed by atoms with Crippen molar-refractivity contribution in [2.24, 2.45) is 4.99 Å². The lowest BCUT2D eigenvalue weighted by Gasteiger charge is -2.26. The summed E-state index contributed by atoms with van der Waals surface area (Å²) in [5, 5.41) is 8.78. The van der Waals surface area contributed by atoms with Gasteiger partial charge in [-0.3, -0.25) is 9.36 Å². The number of fused-ring (bicyclic) bond motifs is 1. The summed E-state index contributed by atoms with van der Waals surface area (Å²) in [5.74, 6) is -0.240. The van der Waals surface area contributed by atoms with E-state index in [-0.39, 0.29) is 17.7 Å². The third-order valence-electron chi connectivity index (χ3n) is 5.79. The second kappa shape index (κ2) is 11.3. The van der Waals surface area contributed by atoms with Crippen molar-refractivity contribution in [3.63, 3.8) is 0 Å². The molecule has 11 heteroatoms. The van der Waals surface area contributed by atoms with Gasteiger partial charge in [-0.1, -0.05) is 23.5 Å². The van der Waals surface area contributed by atoms with Gasteiger partial charge in [0.2, 0.25) is 0 Å². The number of benzene rings is 2. The summed E-state index contributed by atoms with van der Waals surface area (Å²) in [6.45, 7) is 3.14. The molecule has 0 amide bonds. The average molecular weight is 539 g/mol. The molecular weight excluding hydrogens is 512 g/mol. The van der Waals surface area contributed by atoms with Crippen LogP contribution in [-0.2, 0) is 14.3 Å². The van der Waals surface area contributed by atoms with Crippen molar-refractivity contribution < 1.29 is 33.6 Å². The molecule has 0 aliphatic carbocycles. The minimum atomic E-state index is -1.07. The van der Waals surface area contributed by atoms with Crippen LogP contribution in [0.25, 0.3) is 6.08 Å². The number of aromatic nitrogens is 1. The fraction of sp³-hybridized carbons (Fsp3) is 0.259. The van der Waals surface area contributed by atoms with Crippen molar-refractivity contribution >= 4 is 29.4 Å². The van der Waals surface area contributed by atoms with Crippen molar-refractivity contribution in [3.05, 3.63) is 84.5 Å². The molecule has 4 rings (SSSR count). The van der Waals surface area contributed by atoms with Crippen LogP contribution in [0.2, 0.25) is 0 Å². The van der Waals surface area contributed by atoms with Crippen molar-refractivity contribution in [1.29, 1.82) is 0 Å². The number of thiazole rings is 1. The van der Waals surface area contributed by atoms with Crippen molar-refractivity contribution in [2.75, 3.05) is 27.4 Å².